The number of rotatable bonds is 2. The Hall–Kier alpha value is -1.69. The fourth-order valence-corrected chi connectivity index (χ4v) is 2.52. The molecule has 108 valence electrons. The van der Waals surface area contributed by atoms with E-state index in [4.69, 9.17) is 4.74 Å². The van der Waals surface area contributed by atoms with Gasteiger partial charge in [-0.25, -0.2) is 13.6 Å². The molecule has 1 aromatic rings. The predicted octanol–water partition coefficient (Wildman–Crippen LogP) is 2.21. The van der Waals surface area contributed by atoms with Crippen molar-refractivity contribution in [2.75, 3.05) is 19.7 Å². The predicted molar refractivity (Wildman–Crippen MR) is 68.2 cm³/mol. The lowest BCUT2D eigenvalue weighted by molar-refractivity contribution is 0.0959. The molecular weight excluding hydrogens is 266 g/mol. The van der Waals surface area contributed by atoms with Crippen molar-refractivity contribution in [1.82, 2.24) is 10.2 Å². The highest BCUT2D eigenvalue weighted by atomic mass is 19.2. The Morgan fingerprint density at radius 3 is 2.75 bits per heavy atom. The summed E-state index contributed by atoms with van der Waals surface area (Å²) in [4.78, 5) is 13.6. The summed E-state index contributed by atoms with van der Waals surface area (Å²) in [6.45, 7) is 2.04. The highest BCUT2D eigenvalue weighted by molar-refractivity contribution is 5.75. The van der Waals surface area contributed by atoms with Gasteiger partial charge in [0.05, 0.1) is 6.04 Å². The standard InChI is InChI=1S/C14H16F2N2O2/c15-10-3-2-9(8-11(10)16)13-12(4-7-20-13)17-14(19)18-5-1-6-18/h2-3,8,12-13H,1,4-7H2,(H,17,19)/t12-,13+/m1/s1. The van der Waals surface area contributed by atoms with Crippen LogP contribution in [0.3, 0.4) is 0 Å². The highest BCUT2D eigenvalue weighted by Crippen LogP contribution is 2.30. The molecule has 4 nitrogen and oxygen atoms in total. The first kappa shape index (κ1) is 13.3. The molecule has 1 aromatic carbocycles. The zero-order valence-electron chi connectivity index (χ0n) is 10.9. The van der Waals surface area contributed by atoms with Crippen LogP contribution < -0.4 is 5.32 Å². The number of nitrogens with zero attached hydrogens (tertiary/aromatic N) is 1. The molecule has 6 heteroatoms. The fraction of sp³-hybridized carbons (Fsp3) is 0.500. The topological polar surface area (TPSA) is 41.6 Å². The number of hydrogen-bond donors (Lipinski definition) is 1. The van der Waals surface area contributed by atoms with Gasteiger partial charge in [-0.3, -0.25) is 0 Å². The molecule has 2 amide bonds. The van der Waals surface area contributed by atoms with Gasteiger partial charge in [0.2, 0.25) is 0 Å². The van der Waals surface area contributed by atoms with E-state index >= 15 is 0 Å². The maximum absolute atomic E-state index is 13.3. The Labute approximate surface area is 115 Å². The number of likely N-dealkylation sites (tertiary alicyclic amines) is 1. The number of nitrogens with one attached hydrogen (secondary N) is 1. The number of ether oxygens (including phenoxy) is 1. The number of carbonyl (C=O) groups excluding carboxylic acids is 1. The molecule has 20 heavy (non-hydrogen) atoms. The van der Waals surface area contributed by atoms with Crippen LogP contribution in [-0.2, 0) is 4.74 Å². The van der Waals surface area contributed by atoms with Crippen molar-refractivity contribution in [1.29, 1.82) is 0 Å². The molecule has 0 spiro atoms. The molecule has 2 saturated heterocycles. The van der Waals surface area contributed by atoms with Gasteiger partial charge >= 0.3 is 6.03 Å². The third-order valence-corrected chi connectivity index (χ3v) is 3.82. The van der Waals surface area contributed by atoms with Crippen LogP contribution in [-0.4, -0.2) is 36.7 Å². The summed E-state index contributed by atoms with van der Waals surface area (Å²) in [6.07, 6.45) is 1.28. The highest BCUT2D eigenvalue weighted by Gasteiger charge is 2.33. The summed E-state index contributed by atoms with van der Waals surface area (Å²) < 4.78 is 31.8. The van der Waals surface area contributed by atoms with E-state index in [0.29, 0.717) is 18.6 Å². The van der Waals surface area contributed by atoms with Gasteiger partial charge in [0.25, 0.3) is 0 Å². The molecule has 2 fully saturated rings. The summed E-state index contributed by atoms with van der Waals surface area (Å²) in [7, 11) is 0. The second-order valence-electron chi connectivity index (χ2n) is 5.15. The average molecular weight is 282 g/mol. The molecule has 0 saturated carbocycles. The molecule has 0 aliphatic carbocycles. The van der Waals surface area contributed by atoms with Crippen LogP contribution in [0.5, 0.6) is 0 Å². The van der Waals surface area contributed by atoms with Gasteiger partial charge < -0.3 is 15.0 Å². The fourth-order valence-electron chi connectivity index (χ4n) is 2.52. The van der Waals surface area contributed by atoms with Crippen molar-refractivity contribution in [3.05, 3.63) is 35.4 Å². The molecule has 2 aliphatic rings. The number of halogens is 2. The van der Waals surface area contributed by atoms with Crippen LogP contribution >= 0.6 is 0 Å². The third kappa shape index (κ3) is 2.47. The lowest BCUT2D eigenvalue weighted by Crippen LogP contribution is -2.51. The smallest absolute Gasteiger partial charge is 0.317 e. The van der Waals surface area contributed by atoms with Gasteiger partial charge in [-0.05, 0) is 30.5 Å². The van der Waals surface area contributed by atoms with Crippen molar-refractivity contribution < 1.29 is 18.3 Å². The zero-order valence-corrected chi connectivity index (χ0v) is 10.9. The van der Waals surface area contributed by atoms with Gasteiger partial charge in [0, 0.05) is 19.7 Å². The summed E-state index contributed by atoms with van der Waals surface area (Å²) >= 11 is 0. The SMILES string of the molecule is O=C(N[C@@H]1CCO[C@H]1c1ccc(F)c(F)c1)N1CCC1. The van der Waals surface area contributed by atoms with Gasteiger partial charge in [-0.1, -0.05) is 6.07 Å². The molecule has 0 radical (unpaired) electrons. The number of amides is 2. The van der Waals surface area contributed by atoms with Crippen LogP contribution in [0, 0.1) is 11.6 Å². The third-order valence-electron chi connectivity index (χ3n) is 3.82. The number of benzene rings is 1. The largest absolute Gasteiger partial charge is 0.371 e. The summed E-state index contributed by atoms with van der Waals surface area (Å²) in [5, 5.41) is 2.91. The Morgan fingerprint density at radius 1 is 1.30 bits per heavy atom. The van der Waals surface area contributed by atoms with Gasteiger partial charge in [0.15, 0.2) is 11.6 Å². The van der Waals surface area contributed by atoms with E-state index < -0.39 is 17.7 Å². The Balaban J connectivity index is 1.71. The maximum atomic E-state index is 13.3. The Bertz CT molecular complexity index is 520. The van der Waals surface area contributed by atoms with E-state index in [1.165, 1.54) is 6.07 Å². The van der Waals surface area contributed by atoms with Crippen molar-refractivity contribution in [2.24, 2.45) is 0 Å². The van der Waals surface area contributed by atoms with E-state index in [-0.39, 0.29) is 12.1 Å². The van der Waals surface area contributed by atoms with Crippen LogP contribution in [0.15, 0.2) is 18.2 Å². The lowest BCUT2D eigenvalue weighted by Gasteiger charge is -2.32. The molecule has 2 atom stereocenters. The Kier molecular flexibility index (Phi) is 3.56. The summed E-state index contributed by atoms with van der Waals surface area (Å²) in [5.74, 6) is -1.78. The molecule has 3 rings (SSSR count). The average Bonchev–Trinajstić information content (AvgIpc) is 2.78. The molecule has 0 unspecified atom stereocenters. The number of urea groups is 1. The zero-order chi connectivity index (χ0) is 14.1. The summed E-state index contributed by atoms with van der Waals surface area (Å²) in [6, 6.07) is 3.40. The van der Waals surface area contributed by atoms with Crippen LogP contribution in [0.1, 0.15) is 24.5 Å². The van der Waals surface area contributed by atoms with E-state index in [2.05, 4.69) is 5.32 Å². The van der Waals surface area contributed by atoms with E-state index in [0.717, 1.165) is 31.6 Å². The van der Waals surface area contributed by atoms with Crippen molar-refractivity contribution in [3.63, 3.8) is 0 Å². The minimum atomic E-state index is -0.897. The monoisotopic (exact) mass is 282 g/mol. The lowest BCUT2D eigenvalue weighted by atomic mass is 10.0. The first-order valence-electron chi connectivity index (χ1n) is 6.77. The first-order chi connectivity index (χ1) is 9.65. The molecular formula is C14H16F2N2O2. The van der Waals surface area contributed by atoms with E-state index in [1.54, 1.807) is 4.90 Å². The minimum absolute atomic E-state index is 0.112. The maximum Gasteiger partial charge on any atom is 0.317 e. The van der Waals surface area contributed by atoms with E-state index in [9.17, 15) is 13.6 Å². The van der Waals surface area contributed by atoms with Gasteiger partial charge in [-0.2, -0.15) is 0 Å². The normalized spacial score (nSPS) is 25.4. The molecule has 1 N–H and O–H groups in total. The van der Waals surface area contributed by atoms with Gasteiger partial charge in [-0.15, -0.1) is 0 Å². The molecule has 2 aliphatic heterocycles. The van der Waals surface area contributed by atoms with Crippen molar-refractivity contribution in [2.45, 2.75) is 25.0 Å². The van der Waals surface area contributed by atoms with Crippen LogP contribution in [0.2, 0.25) is 0 Å². The Morgan fingerprint density at radius 2 is 2.10 bits per heavy atom. The quantitative estimate of drug-likeness (QED) is 0.903. The number of hydrogen-bond acceptors (Lipinski definition) is 2. The number of carbonyl (C=O) groups is 1. The molecule has 0 aromatic heterocycles. The second kappa shape index (κ2) is 5.36. The minimum Gasteiger partial charge on any atom is -0.371 e. The van der Waals surface area contributed by atoms with Crippen LogP contribution in [0.4, 0.5) is 13.6 Å². The van der Waals surface area contributed by atoms with Crippen LogP contribution in [0.25, 0.3) is 0 Å². The van der Waals surface area contributed by atoms with Crippen molar-refractivity contribution >= 4 is 6.03 Å². The first-order valence-corrected chi connectivity index (χ1v) is 6.77. The van der Waals surface area contributed by atoms with Crippen molar-refractivity contribution in [3.8, 4) is 0 Å². The molecule has 0 bridgehead atoms. The van der Waals surface area contributed by atoms with Gasteiger partial charge in [0.1, 0.15) is 6.10 Å². The summed E-state index contributed by atoms with van der Waals surface area (Å²) in [5.41, 5.74) is 0.551. The molecule has 2 heterocycles. The second-order valence-corrected chi connectivity index (χ2v) is 5.15. The van der Waals surface area contributed by atoms with E-state index in [1.807, 2.05) is 0 Å².